The van der Waals surface area contributed by atoms with E-state index in [4.69, 9.17) is 4.42 Å². The number of amides is 2. The first-order valence-corrected chi connectivity index (χ1v) is 7.75. The van der Waals surface area contributed by atoms with Gasteiger partial charge in [-0.3, -0.25) is 4.57 Å². The molecule has 3 N–H and O–H groups in total. The number of carbonyl (C=O) groups excluding carboxylic acids is 1. The molecule has 0 fully saturated rings. The Kier molecular flexibility index (Phi) is 5.81. The topological polar surface area (TPSA) is 96.5 Å². The van der Waals surface area contributed by atoms with Crippen molar-refractivity contribution in [2.75, 3.05) is 13.1 Å². The number of aliphatic hydroxyl groups is 1. The van der Waals surface area contributed by atoms with Gasteiger partial charge in [-0.05, 0) is 24.5 Å². The molecule has 7 nitrogen and oxygen atoms in total. The largest absolute Gasteiger partial charge is 0.420 e. The van der Waals surface area contributed by atoms with Gasteiger partial charge in [0, 0.05) is 19.6 Å². The summed E-state index contributed by atoms with van der Waals surface area (Å²) < 4.78 is 6.59. The van der Waals surface area contributed by atoms with Crippen LogP contribution in [0.3, 0.4) is 0 Å². The molecule has 0 saturated heterocycles. The van der Waals surface area contributed by atoms with Gasteiger partial charge in [-0.2, -0.15) is 0 Å². The van der Waals surface area contributed by atoms with Gasteiger partial charge < -0.3 is 20.2 Å². The summed E-state index contributed by atoms with van der Waals surface area (Å²) in [5, 5.41) is 15.0. The molecule has 0 aliphatic carbocycles. The molecule has 1 aromatic heterocycles. The molecule has 2 aromatic rings. The number of aromatic nitrogens is 1. The van der Waals surface area contributed by atoms with Gasteiger partial charge in [0.25, 0.3) is 0 Å². The van der Waals surface area contributed by atoms with E-state index in [1.807, 2.05) is 19.9 Å². The third-order valence-electron chi connectivity index (χ3n) is 3.44. The normalized spacial score (nSPS) is 12.5. The smallest absolute Gasteiger partial charge is 0.408 e. The highest BCUT2D eigenvalue weighted by Crippen LogP contribution is 2.11. The fourth-order valence-corrected chi connectivity index (χ4v) is 2.41. The van der Waals surface area contributed by atoms with E-state index in [-0.39, 0.29) is 19.1 Å². The van der Waals surface area contributed by atoms with Crippen molar-refractivity contribution >= 4 is 17.1 Å². The Bertz CT molecular complexity index is 705. The lowest BCUT2D eigenvalue weighted by Gasteiger charge is -2.14. The number of nitrogens with one attached hydrogen (secondary N) is 2. The second kappa shape index (κ2) is 7.82. The minimum absolute atomic E-state index is 0.207. The van der Waals surface area contributed by atoms with Crippen molar-refractivity contribution in [1.82, 2.24) is 15.2 Å². The molecule has 23 heavy (non-hydrogen) atoms. The van der Waals surface area contributed by atoms with Gasteiger partial charge in [0.05, 0.1) is 11.6 Å². The molecule has 0 radical (unpaired) electrons. The van der Waals surface area contributed by atoms with E-state index in [0.717, 1.165) is 0 Å². The number of carbonyl (C=O) groups is 1. The molecule has 1 heterocycles. The number of aliphatic hydroxyl groups excluding tert-OH is 1. The summed E-state index contributed by atoms with van der Waals surface area (Å²) in [6.07, 6.45) is 0.0811. The molecule has 2 amide bonds. The Morgan fingerprint density at radius 2 is 2.04 bits per heavy atom. The van der Waals surface area contributed by atoms with Crippen molar-refractivity contribution in [1.29, 1.82) is 0 Å². The summed E-state index contributed by atoms with van der Waals surface area (Å²) in [5.41, 5.74) is 1.23. The first-order chi connectivity index (χ1) is 11.0. The summed E-state index contributed by atoms with van der Waals surface area (Å²) in [7, 11) is 0. The molecule has 1 atom stereocenters. The highest BCUT2D eigenvalue weighted by molar-refractivity contribution is 5.74. The summed E-state index contributed by atoms with van der Waals surface area (Å²) >= 11 is 0. The molecule has 7 heteroatoms. The quantitative estimate of drug-likeness (QED) is 0.716. The Morgan fingerprint density at radius 3 is 2.78 bits per heavy atom. The number of nitrogens with zero attached hydrogens (tertiary/aromatic N) is 1. The molecule has 0 spiro atoms. The number of rotatable bonds is 7. The zero-order chi connectivity index (χ0) is 16.8. The van der Waals surface area contributed by atoms with Gasteiger partial charge in [0.15, 0.2) is 5.58 Å². The van der Waals surface area contributed by atoms with E-state index in [9.17, 15) is 14.7 Å². The number of oxazole rings is 1. The van der Waals surface area contributed by atoms with E-state index < -0.39 is 11.9 Å². The van der Waals surface area contributed by atoms with Crippen LogP contribution in [-0.4, -0.2) is 34.9 Å². The molecule has 0 aliphatic rings. The van der Waals surface area contributed by atoms with Crippen molar-refractivity contribution in [2.45, 2.75) is 32.9 Å². The standard InChI is InChI=1S/C16H23N3O4/c1-11(2)9-12(20)10-18-15(21)17-7-8-19-13-5-3-4-6-14(13)23-16(19)22/h3-6,11-12,20H,7-10H2,1-2H3,(H2,17,18,21). The second-order valence-corrected chi connectivity index (χ2v) is 5.91. The average Bonchev–Trinajstić information content (AvgIpc) is 2.80. The number of hydrogen-bond acceptors (Lipinski definition) is 4. The fraction of sp³-hybridized carbons (Fsp3) is 0.500. The number of benzene rings is 1. The van der Waals surface area contributed by atoms with Gasteiger partial charge in [-0.25, -0.2) is 9.59 Å². The lowest BCUT2D eigenvalue weighted by molar-refractivity contribution is 0.147. The third-order valence-corrected chi connectivity index (χ3v) is 3.44. The van der Waals surface area contributed by atoms with Crippen LogP contribution in [0.1, 0.15) is 20.3 Å². The minimum Gasteiger partial charge on any atom is -0.408 e. The van der Waals surface area contributed by atoms with Crippen molar-refractivity contribution in [3.63, 3.8) is 0 Å². The molecule has 0 aliphatic heterocycles. The number of hydrogen-bond donors (Lipinski definition) is 3. The molecule has 2 rings (SSSR count). The Labute approximate surface area is 134 Å². The Hall–Kier alpha value is -2.28. The van der Waals surface area contributed by atoms with Crippen molar-refractivity contribution in [2.24, 2.45) is 5.92 Å². The zero-order valence-corrected chi connectivity index (χ0v) is 13.4. The maximum atomic E-state index is 11.8. The van der Waals surface area contributed by atoms with Crippen LogP contribution in [0.2, 0.25) is 0 Å². The van der Waals surface area contributed by atoms with Crippen LogP contribution in [0.5, 0.6) is 0 Å². The van der Waals surface area contributed by atoms with Crippen LogP contribution in [0, 0.1) is 5.92 Å². The maximum Gasteiger partial charge on any atom is 0.420 e. The molecule has 0 saturated carbocycles. The van der Waals surface area contributed by atoms with Crippen molar-refractivity contribution in [3.8, 4) is 0 Å². The zero-order valence-electron chi connectivity index (χ0n) is 13.4. The highest BCUT2D eigenvalue weighted by Gasteiger charge is 2.10. The van der Waals surface area contributed by atoms with Gasteiger partial charge in [-0.15, -0.1) is 0 Å². The van der Waals surface area contributed by atoms with E-state index in [2.05, 4.69) is 10.6 Å². The molecular formula is C16H23N3O4. The van der Waals surface area contributed by atoms with Crippen LogP contribution in [0.25, 0.3) is 11.1 Å². The first kappa shape index (κ1) is 17.1. The number of para-hydroxylation sites is 2. The fourth-order valence-electron chi connectivity index (χ4n) is 2.41. The van der Waals surface area contributed by atoms with Crippen LogP contribution < -0.4 is 16.4 Å². The van der Waals surface area contributed by atoms with Crippen LogP contribution in [-0.2, 0) is 6.54 Å². The molecule has 126 valence electrons. The predicted octanol–water partition coefficient (Wildman–Crippen LogP) is 1.30. The van der Waals surface area contributed by atoms with Gasteiger partial charge in [-0.1, -0.05) is 26.0 Å². The predicted molar refractivity (Wildman–Crippen MR) is 87.3 cm³/mol. The Balaban J connectivity index is 1.79. The monoisotopic (exact) mass is 321 g/mol. The maximum absolute atomic E-state index is 11.8. The second-order valence-electron chi connectivity index (χ2n) is 5.91. The lowest BCUT2D eigenvalue weighted by atomic mass is 10.1. The van der Waals surface area contributed by atoms with E-state index in [0.29, 0.717) is 30.0 Å². The van der Waals surface area contributed by atoms with E-state index in [1.165, 1.54) is 4.57 Å². The van der Waals surface area contributed by atoms with E-state index >= 15 is 0 Å². The van der Waals surface area contributed by atoms with E-state index in [1.54, 1.807) is 18.2 Å². The van der Waals surface area contributed by atoms with Crippen molar-refractivity contribution in [3.05, 3.63) is 34.8 Å². The van der Waals surface area contributed by atoms with Crippen LogP contribution in [0.15, 0.2) is 33.5 Å². The summed E-state index contributed by atoms with van der Waals surface area (Å²) in [6.45, 7) is 4.83. The minimum atomic E-state index is -0.554. The van der Waals surface area contributed by atoms with Gasteiger partial charge in [0.1, 0.15) is 0 Å². The number of fused-ring (bicyclic) bond motifs is 1. The summed E-state index contributed by atoms with van der Waals surface area (Å²) in [6, 6.07) is 6.77. The molecular weight excluding hydrogens is 298 g/mol. The first-order valence-electron chi connectivity index (χ1n) is 7.75. The van der Waals surface area contributed by atoms with Gasteiger partial charge >= 0.3 is 11.8 Å². The summed E-state index contributed by atoms with van der Waals surface area (Å²) in [4.78, 5) is 23.4. The lowest BCUT2D eigenvalue weighted by Crippen LogP contribution is -2.41. The van der Waals surface area contributed by atoms with Crippen LogP contribution in [0.4, 0.5) is 4.79 Å². The average molecular weight is 321 g/mol. The van der Waals surface area contributed by atoms with Gasteiger partial charge in [0.2, 0.25) is 0 Å². The number of urea groups is 1. The molecule has 0 bridgehead atoms. The van der Waals surface area contributed by atoms with Crippen molar-refractivity contribution < 1.29 is 14.3 Å². The highest BCUT2D eigenvalue weighted by atomic mass is 16.4. The van der Waals surface area contributed by atoms with Crippen LogP contribution >= 0.6 is 0 Å². The Morgan fingerprint density at radius 1 is 1.30 bits per heavy atom. The molecule has 1 aromatic carbocycles. The summed E-state index contributed by atoms with van der Waals surface area (Å²) in [5.74, 6) is -0.0723. The third kappa shape index (κ3) is 4.85. The SMILES string of the molecule is CC(C)CC(O)CNC(=O)NCCn1c(=O)oc2ccccc21. The molecule has 1 unspecified atom stereocenters.